The second-order valence-electron chi connectivity index (χ2n) is 2.96. The summed E-state index contributed by atoms with van der Waals surface area (Å²) in [5, 5.41) is 17.3. The van der Waals surface area contributed by atoms with Crippen molar-refractivity contribution in [1.29, 1.82) is 0 Å². The minimum Gasteiger partial charge on any atom is -0.391 e. The Kier molecular flexibility index (Phi) is 2.78. The highest BCUT2D eigenvalue weighted by atomic mass is 16.3. The van der Waals surface area contributed by atoms with E-state index in [-0.39, 0.29) is 6.04 Å². The maximum atomic E-state index is 9.39. The van der Waals surface area contributed by atoms with E-state index in [9.17, 15) is 5.11 Å². The smallest absolute Gasteiger partial charge is 0.0853 e. The lowest BCUT2D eigenvalue weighted by molar-refractivity contribution is 0.150. The maximum absolute atomic E-state index is 9.39. The van der Waals surface area contributed by atoms with Crippen LogP contribution in [0.5, 0.6) is 0 Å². The second kappa shape index (κ2) is 3.64. The number of aliphatic hydroxyl groups excluding tert-OH is 1. The van der Waals surface area contributed by atoms with Gasteiger partial charge in [0.25, 0.3) is 0 Å². The average molecular weight is 170 g/mol. The van der Waals surface area contributed by atoms with Crippen molar-refractivity contribution in [1.82, 2.24) is 15.0 Å². The normalized spacial score (nSPS) is 16.0. The number of nitrogens with zero attached hydrogens (tertiary/aromatic N) is 3. The molecule has 2 atom stereocenters. The summed E-state index contributed by atoms with van der Waals surface area (Å²) >= 11 is 0. The Morgan fingerprint density at radius 2 is 2.42 bits per heavy atom. The Bertz CT molecular complexity index is 245. The molecule has 0 aromatic carbocycles. The van der Waals surface area contributed by atoms with Crippen LogP contribution >= 0.6 is 0 Å². The Labute approximate surface area is 71.2 Å². The molecule has 0 saturated carbocycles. The molecule has 0 fully saturated rings. The topological polar surface area (TPSA) is 77.0 Å². The quantitative estimate of drug-likeness (QED) is 0.614. The van der Waals surface area contributed by atoms with Crippen molar-refractivity contribution in [3.63, 3.8) is 0 Å². The van der Waals surface area contributed by atoms with Crippen LogP contribution in [0.15, 0.2) is 6.20 Å². The van der Waals surface area contributed by atoms with E-state index < -0.39 is 6.10 Å². The van der Waals surface area contributed by atoms with Gasteiger partial charge in [-0.15, -0.1) is 0 Å². The molecule has 0 spiro atoms. The standard InChI is InChI=1S/C7H14N4O/c1-5(8)7(12)3-6-4-9-11(2)10-6/h4-5,7,12H,3,8H2,1-2H3/t5-,7?/m1/s1. The zero-order valence-corrected chi connectivity index (χ0v) is 7.31. The fraction of sp³-hybridized carbons (Fsp3) is 0.714. The monoisotopic (exact) mass is 170 g/mol. The fourth-order valence-electron chi connectivity index (χ4n) is 0.881. The molecule has 3 N–H and O–H groups in total. The molecule has 0 bridgehead atoms. The van der Waals surface area contributed by atoms with Crippen molar-refractivity contribution < 1.29 is 5.11 Å². The van der Waals surface area contributed by atoms with Gasteiger partial charge in [0.2, 0.25) is 0 Å². The molecule has 0 aliphatic heterocycles. The first kappa shape index (κ1) is 9.15. The van der Waals surface area contributed by atoms with Gasteiger partial charge in [-0.25, -0.2) is 0 Å². The van der Waals surface area contributed by atoms with Gasteiger partial charge in [0, 0.05) is 19.5 Å². The van der Waals surface area contributed by atoms with Gasteiger partial charge in [-0.3, -0.25) is 0 Å². The first-order valence-electron chi connectivity index (χ1n) is 3.88. The predicted molar refractivity (Wildman–Crippen MR) is 44.4 cm³/mol. The van der Waals surface area contributed by atoms with E-state index in [1.165, 1.54) is 4.80 Å². The highest BCUT2D eigenvalue weighted by Crippen LogP contribution is 1.99. The molecule has 1 aromatic rings. The molecule has 0 amide bonds. The second-order valence-corrected chi connectivity index (χ2v) is 2.96. The molecule has 68 valence electrons. The molecule has 5 heteroatoms. The third-order valence-electron chi connectivity index (χ3n) is 1.67. The van der Waals surface area contributed by atoms with Gasteiger partial charge >= 0.3 is 0 Å². The molecule has 12 heavy (non-hydrogen) atoms. The summed E-state index contributed by atoms with van der Waals surface area (Å²) in [6.07, 6.45) is 1.55. The maximum Gasteiger partial charge on any atom is 0.0853 e. The third kappa shape index (κ3) is 2.28. The molecule has 1 unspecified atom stereocenters. The molecule has 0 radical (unpaired) electrons. The van der Waals surface area contributed by atoms with E-state index in [0.29, 0.717) is 6.42 Å². The van der Waals surface area contributed by atoms with Crippen LogP contribution in [0, 0.1) is 0 Å². The number of aliphatic hydroxyl groups is 1. The lowest BCUT2D eigenvalue weighted by Crippen LogP contribution is -2.33. The van der Waals surface area contributed by atoms with E-state index in [2.05, 4.69) is 10.2 Å². The largest absolute Gasteiger partial charge is 0.391 e. The Morgan fingerprint density at radius 3 is 2.83 bits per heavy atom. The minimum atomic E-state index is -0.540. The van der Waals surface area contributed by atoms with Crippen molar-refractivity contribution in [3.8, 4) is 0 Å². The van der Waals surface area contributed by atoms with Crippen molar-refractivity contribution >= 4 is 0 Å². The Morgan fingerprint density at radius 1 is 1.75 bits per heavy atom. The third-order valence-corrected chi connectivity index (χ3v) is 1.67. The highest BCUT2D eigenvalue weighted by molar-refractivity contribution is 4.94. The summed E-state index contributed by atoms with van der Waals surface area (Å²) in [7, 11) is 1.74. The minimum absolute atomic E-state index is 0.230. The van der Waals surface area contributed by atoms with Crippen LogP contribution in [0.4, 0.5) is 0 Å². The summed E-state index contributed by atoms with van der Waals surface area (Å²) in [4.78, 5) is 1.46. The van der Waals surface area contributed by atoms with Crippen LogP contribution in [0.3, 0.4) is 0 Å². The summed E-state index contributed by atoms with van der Waals surface area (Å²) < 4.78 is 0. The molecule has 1 heterocycles. The van der Waals surface area contributed by atoms with Crippen LogP contribution in [0.1, 0.15) is 12.6 Å². The van der Waals surface area contributed by atoms with Crippen LogP contribution in [0.25, 0.3) is 0 Å². The molecule has 1 rings (SSSR count). The lowest BCUT2D eigenvalue weighted by Gasteiger charge is -2.11. The lowest BCUT2D eigenvalue weighted by atomic mass is 10.1. The Balaban J connectivity index is 2.52. The van der Waals surface area contributed by atoms with Gasteiger partial charge in [0.1, 0.15) is 0 Å². The van der Waals surface area contributed by atoms with Gasteiger partial charge < -0.3 is 10.8 Å². The van der Waals surface area contributed by atoms with E-state index >= 15 is 0 Å². The summed E-state index contributed by atoms with van der Waals surface area (Å²) in [6, 6.07) is -0.230. The molecule has 0 aliphatic carbocycles. The number of aryl methyl sites for hydroxylation is 1. The van der Waals surface area contributed by atoms with Gasteiger partial charge in [0.15, 0.2) is 0 Å². The number of hydrogen-bond donors (Lipinski definition) is 2. The van der Waals surface area contributed by atoms with E-state index in [1.54, 1.807) is 20.2 Å². The van der Waals surface area contributed by atoms with E-state index in [4.69, 9.17) is 5.73 Å². The molecule has 0 aliphatic rings. The van der Waals surface area contributed by atoms with Gasteiger partial charge in [0.05, 0.1) is 18.0 Å². The summed E-state index contributed by atoms with van der Waals surface area (Å²) in [5.74, 6) is 0. The van der Waals surface area contributed by atoms with E-state index in [0.717, 1.165) is 5.69 Å². The van der Waals surface area contributed by atoms with Gasteiger partial charge in [-0.05, 0) is 6.92 Å². The fourth-order valence-corrected chi connectivity index (χ4v) is 0.881. The SMILES string of the molecule is C[C@@H](N)C(O)Cc1cnn(C)n1. The summed E-state index contributed by atoms with van der Waals surface area (Å²) in [5.41, 5.74) is 6.25. The zero-order valence-electron chi connectivity index (χ0n) is 7.31. The molecular formula is C7H14N4O. The molecule has 5 nitrogen and oxygen atoms in total. The number of aromatic nitrogens is 3. The zero-order chi connectivity index (χ0) is 9.14. The van der Waals surface area contributed by atoms with Gasteiger partial charge in [-0.2, -0.15) is 15.0 Å². The van der Waals surface area contributed by atoms with Crippen LogP contribution < -0.4 is 5.73 Å². The van der Waals surface area contributed by atoms with Crippen LogP contribution in [-0.2, 0) is 13.5 Å². The molecule has 0 saturated heterocycles. The average Bonchev–Trinajstić information content (AvgIpc) is 2.35. The first-order chi connectivity index (χ1) is 5.59. The van der Waals surface area contributed by atoms with Crippen molar-refractivity contribution in [2.75, 3.05) is 0 Å². The molecule has 1 aromatic heterocycles. The Hall–Kier alpha value is -0.940. The van der Waals surface area contributed by atoms with Crippen molar-refractivity contribution in [3.05, 3.63) is 11.9 Å². The number of nitrogens with two attached hydrogens (primary N) is 1. The van der Waals surface area contributed by atoms with Crippen LogP contribution in [0.2, 0.25) is 0 Å². The van der Waals surface area contributed by atoms with Gasteiger partial charge in [-0.1, -0.05) is 0 Å². The highest BCUT2D eigenvalue weighted by Gasteiger charge is 2.11. The first-order valence-corrected chi connectivity index (χ1v) is 3.88. The van der Waals surface area contributed by atoms with Crippen molar-refractivity contribution in [2.45, 2.75) is 25.5 Å². The summed E-state index contributed by atoms with van der Waals surface area (Å²) in [6.45, 7) is 1.76. The van der Waals surface area contributed by atoms with Crippen LogP contribution in [-0.4, -0.2) is 32.2 Å². The predicted octanol–water partition coefficient (Wildman–Crippen LogP) is -0.934. The van der Waals surface area contributed by atoms with E-state index in [1.807, 2.05) is 0 Å². The van der Waals surface area contributed by atoms with Crippen molar-refractivity contribution in [2.24, 2.45) is 12.8 Å². The number of rotatable bonds is 3. The number of hydrogen-bond acceptors (Lipinski definition) is 4. The molecular weight excluding hydrogens is 156 g/mol.